The predicted molar refractivity (Wildman–Crippen MR) is 452 cm³/mol. The highest BCUT2D eigenvalue weighted by Crippen LogP contribution is 2.43. The van der Waals surface area contributed by atoms with Crippen molar-refractivity contribution in [2.24, 2.45) is 0 Å². The molecule has 0 spiro atoms. The number of aromatic nitrogens is 12. The van der Waals surface area contributed by atoms with E-state index in [4.69, 9.17) is 41.9 Å². The van der Waals surface area contributed by atoms with Crippen molar-refractivity contribution in [2.45, 2.75) is 82.0 Å². The maximum Gasteiger partial charge on any atom is 0.146 e. The minimum Gasteiger partial charge on any atom is -0.457 e. The third kappa shape index (κ3) is 16.2. The first-order valence-corrected chi connectivity index (χ1v) is 39.1. The molecule has 1 aliphatic carbocycles. The first kappa shape index (κ1) is 73.3. The lowest BCUT2D eigenvalue weighted by Crippen LogP contribution is -2.31. The first-order chi connectivity index (χ1) is 56.2. The summed E-state index contributed by atoms with van der Waals surface area (Å²) >= 11 is 0. The van der Waals surface area contributed by atoms with Gasteiger partial charge in [0.05, 0.1) is 21.5 Å². The van der Waals surface area contributed by atoms with E-state index < -0.39 is 0 Å². The predicted octanol–water partition coefficient (Wildman–Crippen LogP) is 18.4. The number of hydrogen-bond donors (Lipinski definition) is 7. The summed E-state index contributed by atoms with van der Waals surface area (Å²) in [7, 11) is 0. The molecule has 1 saturated carbocycles. The van der Waals surface area contributed by atoms with Gasteiger partial charge in [-0.3, -0.25) is 0 Å². The molecule has 23 nitrogen and oxygen atoms in total. The summed E-state index contributed by atoms with van der Waals surface area (Å²) in [6.45, 7) is 6.01. The van der Waals surface area contributed by atoms with Crippen LogP contribution in [0.1, 0.15) is 82.0 Å². The Hall–Kier alpha value is -13.5. The highest BCUT2D eigenvalue weighted by atomic mass is 16.5. The Balaban J connectivity index is 0.000000110. The zero-order valence-electron chi connectivity index (χ0n) is 63.1. The Morgan fingerprint density at radius 1 is 0.254 bits per heavy atom. The third-order valence-corrected chi connectivity index (χ3v) is 21.6. The van der Waals surface area contributed by atoms with Crippen LogP contribution in [0.2, 0.25) is 0 Å². The molecular formula is C91H89N19O4. The smallest absolute Gasteiger partial charge is 0.146 e. The Labute approximate surface area is 660 Å². The molecule has 4 aliphatic rings. The Morgan fingerprint density at radius 3 is 0.781 bits per heavy atom. The molecule has 2 unspecified atom stereocenters. The van der Waals surface area contributed by atoms with Crippen LogP contribution < -0.4 is 57.8 Å². The molecule has 16 aromatic rings. The molecule has 572 valence electrons. The van der Waals surface area contributed by atoms with Crippen molar-refractivity contribution in [3.63, 3.8) is 0 Å². The van der Waals surface area contributed by atoms with Gasteiger partial charge in [-0.05, 0) is 190 Å². The van der Waals surface area contributed by atoms with Gasteiger partial charge in [-0.2, -0.15) is 0 Å². The highest BCUT2D eigenvalue weighted by Gasteiger charge is 2.28. The van der Waals surface area contributed by atoms with E-state index in [0.717, 1.165) is 206 Å². The number of nitrogens with two attached hydrogens (primary N) is 4. The molecule has 8 aromatic carbocycles. The fourth-order valence-electron chi connectivity index (χ4n) is 15.9. The summed E-state index contributed by atoms with van der Waals surface area (Å²) in [4.78, 5) is 35.1. The number of nitrogens with one attached hydrogen (secondary N) is 3. The summed E-state index contributed by atoms with van der Waals surface area (Å²) < 4.78 is 32.7. The molecule has 114 heavy (non-hydrogen) atoms. The summed E-state index contributed by atoms with van der Waals surface area (Å²) in [6.07, 6.45) is 25.3. The van der Waals surface area contributed by atoms with Crippen LogP contribution >= 0.6 is 0 Å². The van der Waals surface area contributed by atoms with Crippen LogP contribution in [0.25, 0.3) is 88.6 Å². The van der Waals surface area contributed by atoms with Gasteiger partial charge in [0.1, 0.15) is 117 Å². The topological polar surface area (TPSA) is 300 Å². The molecule has 23 heteroatoms. The lowest BCUT2D eigenvalue weighted by molar-refractivity contribution is 0.375. The highest BCUT2D eigenvalue weighted by molar-refractivity contribution is 6.04. The average molecular weight is 1510 g/mol. The maximum atomic E-state index is 6.27. The number of fused-ring (bicyclic) bond motifs is 4. The van der Waals surface area contributed by atoms with E-state index >= 15 is 0 Å². The van der Waals surface area contributed by atoms with E-state index in [9.17, 15) is 0 Å². The number of para-hydroxylation sites is 4. The largest absolute Gasteiger partial charge is 0.457 e. The number of nitrogen functional groups attached to an aromatic ring is 4. The number of ether oxygens (including phenoxy) is 4. The van der Waals surface area contributed by atoms with Gasteiger partial charge in [-0.15, -0.1) is 0 Å². The molecule has 0 radical (unpaired) electrons. The molecule has 0 amide bonds. The van der Waals surface area contributed by atoms with Crippen LogP contribution in [0.4, 0.5) is 23.3 Å². The van der Waals surface area contributed by atoms with Gasteiger partial charge in [0, 0.05) is 84.3 Å². The number of nitrogens with zero attached hydrogens (tertiary/aromatic N) is 12. The van der Waals surface area contributed by atoms with Gasteiger partial charge < -0.3 is 76.1 Å². The van der Waals surface area contributed by atoms with Crippen LogP contribution in [0.5, 0.6) is 46.0 Å². The second kappa shape index (κ2) is 34.0. The number of anilines is 4. The van der Waals surface area contributed by atoms with E-state index in [1.54, 1.807) is 19.0 Å². The monoisotopic (exact) mass is 1510 g/mol. The number of piperidine rings is 2. The Kier molecular flexibility index (Phi) is 21.9. The van der Waals surface area contributed by atoms with Crippen LogP contribution in [0.15, 0.2) is 268 Å². The minimum absolute atomic E-state index is 0.370. The average Bonchev–Trinajstić information content (AvgIpc) is 1.63. The first-order valence-electron chi connectivity index (χ1n) is 39.1. The molecule has 20 rings (SSSR count). The molecule has 8 aromatic heterocycles. The second-order valence-electron chi connectivity index (χ2n) is 29.0. The van der Waals surface area contributed by atoms with E-state index in [2.05, 4.69) is 147 Å². The zero-order valence-corrected chi connectivity index (χ0v) is 63.1. The summed E-state index contributed by atoms with van der Waals surface area (Å²) in [5.74, 6) is 8.54. The lowest BCUT2D eigenvalue weighted by atomic mass is 10.1. The van der Waals surface area contributed by atoms with Gasteiger partial charge >= 0.3 is 0 Å². The van der Waals surface area contributed by atoms with Crippen molar-refractivity contribution in [2.75, 3.05) is 62.2 Å². The van der Waals surface area contributed by atoms with E-state index in [1.807, 2.05) is 170 Å². The number of hydrogen-bond acceptors (Lipinski definition) is 19. The Bertz CT molecular complexity index is 5520. The van der Waals surface area contributed by atoms with Crippen molar-refractivity contribution >= 4 is 67.4 Å². The summed E-state index contributed by atoms with van der Waals surface area (Å²) in [5.41, 5.74) is 37.2. The third-order valence-electron chi connectivity index (χ3n) is 21.6. The van der Waals surface area contributed by atoms with Crippen molar-refractivity contribution < 1.29 is 18.9 Å². The molecule has 2 atom stereocenters. The SMILES string of the molecule is Nc1ncnc2c1c(-c1ccc(Oc3ccccc3)cc1)cn2C1CCCC1.Nc1ncnc2c1c(-c1ccc(Oc3ccccc3)cc1)cn2C1CCCNC1.Nc1ncnc2c1c(-c1ccc(Oc3ccccc3)cc1)cn2C1CCNC1.Nc1ncnc2c1c(-c1ccc(Oc3ccccc3)cc1)cn2C1CCNCC1. The molecule has 3 aliphatic heterocycles. The van der Waals surface area contributed by atoms with E-state index in [-0.39, 0.29) is 0 Å². The van der Waals surface area contributed by atoms with Gasteiger partial charge in [0.15, 0.2) is 0 Å². The number of benzene rings is 8. The quantitative estimate of drug-likeness (QED) is 0.0473. The lowest BCUT2D eigenvalue weighted by Gasteiger charge is -2.24. The maximum absolute atomic E-state index is 6.27. The normalized spacial score (nSPS) is 15.7. The van der Waals surface area contributed by atoms with Crippen LogP contribution in [-0.4, -0.2) is 97.4 Å². The summed E-state index contributed by atoms with van der Waals surface area (Å²) in [6, 6.07) is 73.1. The second-order valence-corrected chi connectivity index (χ2v) is 29.0. The van der Waals surface area contributed by atoms with Crippen molar-refractivity contribution in [1.82, 2.24) is 74.1 Å². The van der Waals surface area contributed by atoms with Gasteiger partial charge in [0.2, 0.25) is 0 Å². The van der Waals surface area contributed by atoms with Gasteiger partial charge in [-0.25, -0.2) is 39.9 Å². The molecular weight excluding hydrogens is 1420 g/mol. The van der Waals surface area contributed by atoms with E-state index in [0.29, 0.717) is 47.4 Å². The van der Waals surface area contributed by atoms with Crippen LogP contribution in [0, 0.1) is 0 Å². The standard InChI is InChI=1S/2C23H23N5O.C23H22N4O.C22H21N5O/c24-22-21-20(14-28(23(21)27-15-26-22)17-5-4-12-25-13-17)16-8-10-19(11-9-16)29-18-6-2-1-3-7-18;24-22-21-20(14-28(23(21)27-15-26-22)17-10-12-25-13-11-17)16-6-8-19(9-7-16)29-18-4-2-1-3-5-18;24-22-21-20(14-27(17-6-4-5-7-17)23(21)26-15-25-22)16-10-12-19(13-11-16)28-18-8-2-1-3-9-18;23-21-20-19(13-27(16-10-11-24-12-16)22(20)26-14-25-21)15-6-8-18(9-7-15)28-17-4-2-1-3-5-17/h1-3,6-11,14-15,17,25H,4-5,12-13H2,(H2,24,26,27);1-9,14-15,17,25H,10-13H2,(H2,24,26,27);1-3,8-15,17H,4-7H2,(H2,24,25,26);1-9,13-14,16,24H,10-12H2,(H2,23,25,26). The minimum atomic E-state index is 0.370. The molecule has 11 N–H and O–H groups in total. The number of rotatable bonds is 16. The van der Waals surface area contributed by atoms with Gasteiger partial charge in [-0.1, -0.05) is 134 Å². The summed E-state index contributed by atoms with van der Waals surface area (Å²) in [5, 5.41) is 14.0. The zero-order chi connectivity index (χ0) is 77.1. The fraction of sp³-hybridized carbons (Fsp3) is 0.209. The van der Waals surface area contributed by atoms with Crippen molar-refractivity contribution in [3.05, 3.63) is 268 Å². The van der Waals surface area contributed by atoms with Crippen molar-refractivity contribution in [1.29, 1.82) is 0 Å². The van der Waals surface area contributed by atoms with Gasteiger partial charge in [0.25, 0.3) is 0 Å². The van der Waals surface area contributed by atoms with Crippen LogP contribution in [-0.2, 0) is 0 Å². The Morgan fingerprint density at radius 2 is 0.500 bits per heavy atom. The molecule has 0 bridgehead atoms. The molecule has 3 saturated heterocycles. The molecule has 4 fully saturated rings. The van der Waals surface area contributed by atoms with E-state index in [1.165, 1.54) is 32.0 Å². The van der Waals surface area contributed by atoms with Crippen LogP contribution in [0.3, 0.4) is 0 Å². The fourth-order valence-corrected chi connectivity index (χ4v) is 15.9. The molecule has 11 heterocycles. The van der Waals surface area contributed by atoms with Crippen molar-refractivity contribution in [3.8, 4) is 90.5 Å².